The van der Waals surface area contributed by atoms with Gasteiger partial charge in [-0.15, -0.1) is 0 Å². The van der Waals surface area contributed by atoms with Crippen molar-refractivity contribution >= 4 is 34.8 Å². The Labute approximate surface area is 339 Å². The third kappa shape index (κ3) is 8.28. The molecular weight excluding hydrogens is 759 g/mol. The van der Waals surface area contributed by atoms with Crippen molar-refractivity contribution in [2.75, 3.05) is 22.9 Å². The molecule has 0 aromatic carbocycles. The summed E-state index contributed by atoms with van der Waals surface area (Å²) in [5.74, 6) is -0.563. The minimum atomic E-state index is -1.08. The highest BCUT2D eigenvalue weighted by atomic mass is 19.1. The SMILES string of the molecule is CC(C)(N)CCc1ncc(F)cc1[C@H]1CCCN1c1ccn2ncc(C(=O)O)c2n1.CC1(C)CCc2ncc(F)cc2[C@H]2CCCN2c2ccn3ncc(c3n2)C(=O)N1. The molecule has 0 unspecified atom stereocenters. The maximum absolute atomic E-state index is 14.1. The van der Waals surface area contributed by atoms with Gasteiger partial charge in [-0.1, -0.05) is 0 Å². The molecule has 2 fully saturated rings. The largest absolute Gasteiger partial charge is 0.477 e. The van der Waals surface area contributed by atoms with Crippen LogP contribution in [0.25, 0.3) is 11.3 Å². The van der Waals surface area contributed by atoms with Crippen molar-refractivity contribution in [3.05, 3.63) is 107 Å². The van der Waals surface area contributed by atoms with Crippen LogP contribution in [-0.2, 0) is 12.8 Å². The van der Waals surface area contributed by atoms with Gasteiger partial charge < -0.3 is 26.0 Å². The van der Waals surface area contributed by atoms with E-state index in [9.17, 15) is 23.5 Å². The number of carboxylic acid groups (broad SMARTS) is 1. The van der Waals surface area contributed by atoms with Crippen LogP contribution in [0.1, 0.15) is 122 Å². The highest BCUT2D eigenvalue weighted by Crippen LogP contribution is 2.39. The van der Waals surface area contributed by atoms with Crippen LogP contribution in [0.2, 0.25) is 0 Å². The topological polar surface area (TPSA) is 185 Å². The zero-order valence-electron chi connectivity index (χ0n) is 33.6. The zero-order valence-corrected chi connectivity index (χ0v) is 33.6. The summed E-state index contributed by atoms with van der Waals surface area (Å²) in [6.07, 6.45) is 15.3. The van der Waals surface area contributed by atoms with E-state index in [1.807, 2.05) is 40.0 Å². The Morgan fingerprint density at radius 2 is 1.49 bits per heavy atom. The fourth-order valence-electron chi connectivity index (χ4n) is 8.35. The lowest BCUT2D eigenvalue weighted by atomic mass is 9.93. The van der Waals surface area contributed by atoms with Crippen LogP contribution in [-0.4, -0.2) is 80.3 Å². The molecule has 2 bridgehead atoms. The Morgan fingerprint density at radius 3 is 2.15 bits per heavy atom. The molecule has 4 N–H and O–H groups in total. The predicted molar refractivity (Wildman–Crippen MR) is 216 cm³/mol. The van der Waals surface area contributed by atoms with Gasteiger partial charge in [0, 0.05) is 47.9 Å². The molecule has 3 aliphatic heterocycles. The average molecular weight is 807 g/mol. The summed E-state index contributed by atoms with van der Waals surface area (Å²) < 4.78 is 31.3. The first-order chi connectivity index (χ1) is 28.1. The normalized spacial score (nSPS) is 19.1. The molecule has 6 aromatic heterocycles. The maximum atomic E-state index is 14.1. The Morgan fingerprint density at radius 1 is 0.898 bits per heavy atom. The van der Waals surface area contributed by atoms with E-state index in [4.69, 9.17) is 10.7 Å². The monoisotopic (exact) mass is 806 g/mol. The number of halogens is 2. The molecule has 3 aliphatic rings. The fourth-order valence-corrected chi connectivity index (χ4v) is 8.35. The first-order valence-corrected chi connectivity index (χ1v) is 20.0. The van der Waals surface area contributed by atoms with Crippen LogP contribution < -0.4 is 20.9 Å². The van der Waals surface area contributed by atoms with E-state index >= 15 is 0 Å². The van der Waals surface area contributed by atoms with Gasteiger partial charge in [0.25, 0.3) is 5.91 Å². The first kappa shape index (κ1) is 39.7. The summed E-state index contributed by atoms with van der Waals surface area (Å²) >= 11 is 0. The number of carbonyl (C=O) groups is 2. The summed E-state index contributed by atoms with van der Waals surface area (Å²) in [6.45, 7) is 9.46. The number of nitrogens with one attached hydrogen (secondary N) is 1. The number of pyridine rings is 2. The number of aryl methyl sites for hydroxylation is 2. The number of aromatic carboxylic acids is 1. The highest BCUT2D eigenvalue weighted by molar-refractivity contribution is 6.00. The van der Waals surface area contributed by atoms with Gasteiger partial charge in [-0.2, -0.15) is 10.2 Å². The number of hydrogen-bond acceptors (Lipinski definition) is 11. The molecule has 0 radical (unpaired) electrons. The number of aromatic nitrogens is 8. The van der Waals surface area contributed by atoms with E-state index in [1.165, 1.54) is 23.1 Å². The lowest BCUT2D eigenvalue weighted by molar-refractivity contribution is 0.0698. The lowest BCUT2D eigenvalue weighted by Gasteiger charge is -2.28. The van der Waals surface area contributed by atoms with Crippen LogP contribution in [0, 0.1) is 11.6 Å². The van der Waals surface area contributed by atoms with Crippen LogP contribution in [0.5, 0.6) is 0 Å². The van der Waals surface area contributed by atoms with E-state index in [0.29, 0.717) is 36.3 Å². The standard InChI is InChI=1S/C21H25FN6O2.C21H23FN6O/c1-21(2,23)7-5-16-14(10-13(22)11-24-16)17-4-3-8-27(17)18-6-9-28-19(26-18)15(12-25-28)20(29)30;1-21(2)7-5-16-14(10-13(22)11-23-16)17-4-3-8-27(17)18-6-9-28-19(25-18)15(12-24-28)20(29)26-21/h6,9-12,17H,3-5,7-8,23H2,1-2H3,(H,29,30);6,9-12,17H,3-5,7-8H2,1-2H3,(H,26,29)/t2*17-/m11/s1. The third-order valence-corrected chi connectivity index (χ3v) is 11.4. The number of amides is 1. The second-order valence-corrected chi connectivity index (χ2v) is 16.9. The number of rotatable bonds is 6. The van der Waals surface area contributed by atoms with Gasteiger partial charge in [-0.3, -0.25) is 14.8 Å². The van der Waals surface area contributed by atoms with Gasteiger partial charge in [-0.25, -0.2) is 32.6 Å². The first-order valence-electron chi connectivity index (χ1n) is 20.0. The van der Waals surface area contributed by atoms with E-state index in [1.54, 1.807) is 35.1 Å². The number of nitrogens with zero attached hydrogens (tertiary/aromatic N) is 10. The molecule has 0 aliphatic carbocycles. The Hall–Kier alpha value is -6.10. The van der Waals surface area contributed by atoms with Crippen molar-refractivity contribution in [1.82, 2.24) is 44.5 Å². The molecule has 6 aromatic rings. The van der Waals surface area contributed by atoms with Gasteiger partial charge in [0.2, 0.25) is 0 Å². The molecule has 1 amide bonds. The lowest BCUT2D eigenvalue weighted by Crippen LogP contribution is -2.43. The molecule has 9 rings (SSSR count). The number of anilines is 2. The number of nitrogens with two attached hydrogens (primary N) is 1. The van der Waals surface area contributed by atoms with Crippen LogP contribution >= 0.6 is 0 Å². The molecule has 2 saturated heterocycles. The van der Waals surface area contributed by atoms with Crippen LogP contribution in [0.3, 0.4) is 0 Å². The molecular formula is C42H48F2N12O3. The van der Waals surface area contributed by atoms with Gasteiger partial charge in [-0.05, 0) is 114 Å². The summed E-state index contributed by atoms with van der Waals surface area (Å²) in [6, 6.07) is 6.79. The van der Waals surface area contributed by atoms with Crippen LogP contribution in [0.4, 0.5) is 20.4 Å². The maximum Gasteiger partial charge on any atom is 0.341 e. The van der Waals surface area contributed by atoms with Crippen molar-refractivity contribution in [3.63, 3.8) is 0 Å². The van der Waals surface area contributed by atoms with Gasteiger partial charge in [0.1, 0.15) is 34.4 Å². The molecule has 0 saturated carbocycles. The van der Waals surface area contributed by atoms with E-state index in [0.717, 1.165) is 73.5 Å². The van der Waals surface area contributed by atoms with Crippen LogP contribution in [0.15, 0.2) is 61.4 Å². The summed E-state index contributed by atoms with van der Waals surface area (Å²) in [5, 5.41) is 20.8. The van der Waals surface area contributed by atoms with Crippen molar-refractivity contribution in [2.24, 2.45) is 5.73 Å². The molecule has 308 valence electrons. The summed E-state index contributed by atoms with van der Waals surface area (Å²) in [7, 11) is 0. The Balaban J connectivity index is 0.000000164. The second kappa shape index (κ2) is 15.6. The third-order valence-electron chi connectivity index (χ3n) is 11.4. The Bertz CT molecular complexity index is 2550. The van der Waals surface area contributed by atoms with E-state index in [-0.39, 0.29) is 46.4 Å². The average Bonchev–Trinajstić information content (AvgIpc) is 4.02. The number of fused-ring (bicyclic) bond motifs is 6. The molecule has 9 heterocycles. The summed E-state index contributed by atoms with van der Waals surface area (Å²) in [5.41, 5.74) is 10.1. The zero-order chi connectivity index (χ0) is 41.6. The van der Waals surface area contributed by atoms with Crippen molar-refractivity contribution < 1.29 is 23.5 Å². The van der Waals surface area contributed by atoms with E-state index < -0.39 is 11.5 Å². The minimum Gasteiger partial charge on any atom is -0.477 e. The molecule has 2 atom stereocenters. The number of hydrogen-bond donors (Lipinski definition) is 3. The molecule has 15 nitrogen and oxygen atoms in total. The fraction of sp³-hybridized carbons (Fsp3) is 0.429. The molecule has 17 heteroatoms. The number of carboxylic acids is 1. The predicted octanol–water partition coefficient (Wildman–Crippen LogP) is 6.03. The van der Waals surface area contributed by atoms with Crippen molar-refractivity contribution in [3.8, 4) is 0 Å². The Kier molecular flexibility index (Phi) is 10.5. The van der Waals surface area contributed by atoms with Gasteiger partial charge >= 0.3 is 5.97 Å². The van der Waals surface area contributed by atoms with Gasteiger partial charge in [0.05, 0.1) is 36.9 Å². The highest BCUT2D eigenvalue weighted by Gasteiger charge is 2.33. The minimum absolute atomic E-state index is 0.0158. The summed E-state index contributed by atoms with van der Waals surface area (Å²) in [4.78, 5) is 46.8. The van der Waals surface area contributed by atoms with Gasteiger partial charge in [0.15, 0.2) is 11.3 Å². The molecule has 0 spiro atoms. The second-order valence-electron chi connectivity index (χ2n) is 16.9. The smallest absolute Gasteiger partial charge is 0.341 e. The number of carbonyl (C=O) groups excluding carboxylic acids is 1. The van der Waals surface area contributed by atoms with Crippen molar-refractivity contribution in [2.45, 2.75) is 102 Å². The van der Waals surface area contributed by atoms with Crippen molar-refractivity contribution in [1.29, 1.82) is 0 Å². The quantitative estimate of drug-likeness (QED) is 0.178. The van der Waals surface area contributed by atoms with E-state index in [2.05, 4.69) is 40.3 Å². The molecule has 59 heavy (non-hydrogen) atoms.